The number of rotatable bonds is 5. The number of benzene rings is 7. The van der Waals surface area contributed by atoms with Crippen molar-refractivity contribution in [1.82, 2.24) is 15.0 Å². The zero-order valence-electron chi connectivity index (χ0n) is 28.5. The maximum absolute atomic E-state index is 5.26. The van der Waals surface area contributed by atoms with Gasteiger partial charge in [-0.1, -0.05) is 127 Å². The SMILES string of the molecule is c1ccc(-c2cc(-c3cc(-c4ccc5c(c4)-c4cccc6cccc-5c46)cc(-c4ccnc5c4sc4ccccc45)c3)nc(-c3ccccc3)n2)cc1. The second-order valence-electron chi connectivity index (χ2n) is 13.6. The average molecular weight is 692 g/mol. The normalized spacial score (nSPS) is 11.8. The minimum Gasteiger partial charge on any atom is -0.255 e. The van der Waals surface area contributed by atoms with E-state index in [0.717, 1.165) is 44.7 Å². The lowest BCUT2D eigenvalue weighted by molar-refractivity contribution is 1.18. The molecule has 1 aliphatic rings. The number of pyridine rings is 1. The largest absolute Gasteiger partial charge is 0.255 e. The summed E-state index contributed by atoms with van der Waals surface area (Å²) < 4.78 is 2.42. The molecule has 0 saturated heterocycles. The Hall–Kier alpha value is -6.75. The van der Waals surface area contributed by atoms with Crippen molar-refractivity contribution in [3.05, 3.63) is 176 Å². The molecule has 3 heterocycles. The number of fused-ring (bicyclic) bond motifs is 6. The van der Waals surface area contributed by atoms with Crippen LogP contribution in [0.25, 0.3) is 109 Å². The van der Waals surface area contributed by atoms with Crippen molar-refractivity contribution in [1.29, 1.82) is 0 Å². The second kappa shape index (κ2) is 11.9. The summed E-state index contributed by atoms with van der Waals surface area (Å²) in [6, 6.07) is 60.6. The van der Waals surface area contributed by atoms with Gasteiger partial charge in [-0.05, 0) is 92.2 Å². The first kappa shape index (κ1) is 29.9. The van der Waals surface area contributed by atoms with Crippen LogP contribution in [0.4, 0.5) is 0 Å². The topological polar surface area (TPSA) is 38.7 Å². The molecule has 4 heteroatoms. The average Bonchev–Trinajstić information content (AvgIpc) is 3.78. The summed E-state index contributed by atoms with van der Waals surface area (Å²) in [5.74, 6) is 0.702. The molecule has 0 N–H and O–H groups in total. The lowest BCUT2D eigenvalue weighted by Crippen LogP contribution is -1.96. The molecule has 1 aliphatic carbocycles. The molecule has 53 heavy (non-hydrogen) atoms. The minimum absolute atomic E-state index is 0.702. The summed E-state index contributed by atoms with van der Waals surface area (Å²) in [4.78, 5) is 15.2. The fourth-order valence-electron chi connectivity index (χ4n) is 7.97. The summed E-state index contributed by atoms with van der Waals surface area (Å²) in [5, 5.41) is 3.80. The number of nitrogens with zero attached hydrogens (tertiary/aromatic N) is 3. The zero-order chi connectivity index (χ0) is 34.9. The van der Waals surface area contributed by atoms with E-state index in [1.165, 1.54) is 58.9 Å². The van der Waals surface area contributed by atoms with E-state index in [0.29, 0.717) is 5.82 Å². The Morgan fingerprint density at radius 2 is 1.08 bits per heavy atom. The van der Waals surface area contributed by atoms with Crippen molar-refractivity contribution in [3.63, 3.8) is 0 Å². The first-order valence-electron chi connectivity index (χ1n) is 17.8. The molecule has 3 aromatic heterocycles. The molecule has 3 nitrogen and oxygen atoms in total. The molecule has 0 bridgehead atoms. The van der Waals surface area contributed by atoms with Crippen LogP contribution in [0.5, 0.6) is 0 Å². The molecule has 11 rings (SSSR count). The van der Waals surface area contributed by atoms with Gasteiger partial charge in [0.2, 0.25) is 0 Å². The minimum atomic E-state index is 0.702. The highest BCUT2D eigenvalue weighted by molar-refractivity contribution is 7.26. The summed E-state index contributed by atoms with van der Waals surface area (Å²) in [6.45, 7) is 0. The molecular formula is C49H29N3S. The third-order valence-corrected chi connectivity index (χ3v) is 11.7. The third-order valence-electron chi connectivity index (χ3n) is 10.5. The van der Waals surface area contributed by atoms with E-state index >= 15 is 0 Å². The molecular weight excluding hydrogens is 663 g/mol. The van der Waals surface area contributed by atoms with Crippen LogP contribution in [0.2, 0.25) is 0 Å². The predicted molar refractivity (Wildman–Crippen MR) is 222 cm³/mol. The van der Waals surface area contributed by atoms with Gasteiger partial charge in [0.05, 0.1) is 21.6 Å². The maximum Gasteiger partial charge on any atom is 0.160 e. The quantitative estimate of drug-likeness (QED) is 0.180. The van der Waals surface area contributed by atoms with Gasteiger partial charge < -0.3 is 0 Å². The Bertz CT molecular complexity index is 2990. The van der Waals surface area contributed by atoms with E-state index in [1.54, 1.807) is 11.3 Å². The summed E-state index contributed by atoms with van der Waals surface area (Å²) in [5.41, 5.74) is 15.6. The van der Waals surface area contributed by atoms with Gasteiger partial charge in [-0.2, -0.15) is 0 Å². The number of aromatic nitrogens is 3. The van der Waals surface area contributed by atoms with Crippen molar-refractivity contribution in [2.24, 2.45) is 0 Å². The van der Waals surface area contributed by atoms with E-state index in [-0.39, 0.29) is 0 Å². The van der Waals surface area contributed by atoms with Gasteiger partial charge in [-0.3, -0.25) is 4.98 Å². The van der Waals surface area contributed by atoms with Crippen LogP contribution in [0.3, 0.4) is 0 Å². The van der Waals surface area contributed by atoms with Crippen LogP contribution in [0.1, 0.15) is 0 Å². The Morgan fingerprint density at radius 3 is 1.89 bits per heavy atom. The highest BCUT2D eigenvalue weighted by Gasteiger charge is 2.22. The molecule has 246 valence electrons. The van der Waals surface area contributed by atoms with Crippen LogP contribution in [0.15, 0.2) is 176 Å². The van der Waals surface area contributed by atoms with Gasteiger partial charge in [-0.25, -0.2) is 9.97 Å². The van der Waals surface area contributed by atoms with Gasteiger partial charge in [0.1, 0.15) is 0 Å². The van der Waals surface area contributed by atoms with Gasteiger partial charge in [0, 0.05) is 38.5 Å². The first-order chi connectivity index (χ1) is 26.2. The maximum atomic E-state index is 5.26. The standard InChI is InChI=1S/C49H29N3S/c1-3-11-30(12-4-1)43-29-44(52-49(51-43)32-13-5-2-6-14-32)36-26-34(25-35(27-36)37-23-24-50-47-41-17-7-8-20-45(41)53-48(37)47)33-21-22-38-39-18-9-15-31-16-10-19-40(46(31)39)42(38)28-33/h1-29H. The van der Waals surface area contributed by atoms with Crippen LogP contribution >= 0.6 is 11.3 Å². The molecule has 10 aromatic rings. The van der Waals surface area contributed by atoms with E-state index in [2.05, 4.69) is 146 Å². The van der Waals surface area contributed by atoms with Crippen LogP contribution in [-0.2, 0) is 0 Å². The predicted octanol–water partition coefficient (Wildman–Crippen LogP) is 13.4. The Balaban J connectivity index is 1.16. The highest BCUT2D eigenvalue weighted by Crippen LogP contribution is 2.49. The van der Waals surface area contributed by atoms with Crippen molar-refractivity contribution in [2.75, 3.05) is 0 Å². The Kier molecular flexibility index (Phi) is 6.73. The Morgan fingerprint density at radius 1 is 0.396 bits per heavy atom. The van der Waals surface area contributed by atoms with E-state index in [1.807, 2.05) is 30.5 Å². The van der Waals surface area contributed by atoms with Gasteiger partial charge in [0.15, 0.2) is 5.82 Å². The fraction of sp³-hybridized carbons (Fsp3) is 0. The number of hydrogen-bond donors (Lipinski definition) is 0. The van der Waals surface area contributed by atoms with Gasteiger partial charge in [-0.15, -0.1) is 11.3 Å². The van der Waals surface area contributed by atoms with Crippen molar-refractivity contribution in [2.45, 2.75) is 0 Å². The smallest absolute Gasteiger partial charge is 0.160 e. The Labute approximate surface area is 310 Å². The van der Waals surface area contributed by atoms with Gasteiger partial charge in [0.25, 0.3) is 0 Å². The molecule has 0 saturated carbocycles. The number of hydrogen-bond acceptors (Lipinski definition) is 4. The second-order valence-corrected chi connectivity index (χ2v) is 14.6. The van der Waals surface area contributed by atoms with Crippen LogP contribution in [0, 0.1) is 0 Å². The molecule has 0 spiro atoms. The number of thiophene rings is 1. The lowest BCUT2D eigenvalue weighted by Gasteiger charge is -2.14. The van der Waals surface area contributed by atoms with E-state index in [4.69, 9.17) is 15.0 Å². The molecule has 7 aromatic carbocycles. The van der Waals surface area contributed by atoms with Crippen molar-refractivity contribution in [3.8, 4) is 78.4 Å². The summed E-state index contributed by atoms with van der Waals surface area (Å²) >= 11 is 1.80. The van der Waals surface area contributed by atoms with Crippen LogP contribution < -0.4 is 0 Å². The first-order valence-corrected chi connectivity index (χ1v) is 18.7. The third kappa shape index (κ3) is 4.91. The van der Waals surface area contributed by atoms with Crippen molar-refractivity contribution >= 4 is 42.4 Å². The van der Waals surface area contributed by atoms with Gasteiger partial charge >= 0.3 is 0 Å². The molecule has 0 radical (unpaired) electrons. The summed E-state index contributed by atoms with van der Waals surface area (Å²) in [7, 11) is 0. The molecule has 0 aliphatic heterocycles. The van der Waals surface area contributed by atoms with E-state index < -0.39 is 0 Å². The molecule has 0 amide bonds. The van der Waals surface area contributed by atoms with Crippen LogP contribution in [-0.4, -0.2) is 15.0 Å². The monoisotopic (exact) mass is 691 g/mol. The molecule has 0 atom stereocenters. The van der Waals surface area contributed by atoms with Crippen molar-refractivity contribution < 1.29 is 0 Å². The fourth-order valence-corrected chi connectivity index (χ4v) is 9.17. The zero-order valence-corrected chi connectivity index (χ0v) is 29.3. The lowest BCUT2D eigenvalue weighted by atomic mass is 9.92. The highest BCUT2D eigenvalue weighted by atomic mass is 32.1. The molecule has 0 fully saturated rings. The molecule has 0 unspecified atom stereocenters. The summed E-state index contributed by atoms with van der Waals surface area (Å²) in [6.07, 6.45) is 1.95. The van der Waals surface area contributed by atoms with E-state index in [9.17, 15) is 0 Å².